The minimum absolute atomic E-state index is 0.216. The first kappa shape index (κ1) is 11.7. The van der Waals surface area contributed by atoms with Crippen LogP contribution >= 0.6 is 0 Å². The molecular weight excluding hydrogens is 178 g/mol. The van der Waals surface area contributed by atoms with Gasteiger partial charge >= 0.3 is 0 Å². The Morgan fingerprint density at radius 2 is 2.07 bits per heavy atom. The molecule has 1 fully saturated rings. The zero-order valence-corrected chi connectivity index (χ0v) is 9.29. The van der Waals surface area contributed by atoms with E-state index in [0.717, 1.165) is 6.61 Å². The molecule has 0 spiro atoms. The molecule has 0 aromatic rings. The maximum absolute atomic E-state index is 10.7. The number of Topliss-reactive ketones (excluding diaryl/α,β-unsaturated/α-hetero) is 1. The van der Waals surface area contributed by atoms with E-state index in [9.17, 15) is 4.79 Å². The van der Waals surface area contributed by atoms with Gasteiger partial charge in [0.2, 0.25) is 0 Å². The fourth-order valence-electron chi connectivity index (χ4n) is 1.69. The fraction of sp³-hybridized carbons (Fsp3) is 0.909. The number of rotatable bonds is 5. The normalized spacial score (nSPS) is 19.9. The molecule has 1 aliphatic rings. The predicted octanol–water partition coefficient (Wildman–Crippen LogP) is 1.32. The highest BCUT2D eigenvalue weighted by atomic mass is 16.5. The third-order valence-electron chi connectivity index (χ3n) is 2.79. The summed E-state index contributed by atoms with van der Waals surface area (Å²) in [6.45, 7) is 5.41. The van der Waals surface area contributed by atoms with Crippen LogP contribution in [-0.2, 0) is 9.53 Å². The summed E-state index contributed by atoms with van der Waals surface area (Å²) in [5.74, 6) is 0.923. The molecule has 0 saturated carbocycles. The molecule has 0 atom stereocenters. The lowest BCUT2D eigenvalue weighted by molar-refractivity contribution is -0.118. The smallest absolute Gasteiger partial charge is 0.132 e. The maximum atomic E-state index is 10.7. The summed E-state index contributed by atoms with van der Waals surface area (Å²) in [6, 6.07) is 0. The molecule has 82 valence electrons. The van der Waals surface area contributed by atoms with E-state index >= 15 is 0 Å². The van der Waals surface area contributed by atoms with Crippen LogP contribution in [0.2, 0.25) is 0 Å². The number of likely N-dealkylation sites (tertiary alicyclic amines) is 1. The Labute approximate surface area is 86.4 Å². The van der Waals surface area contributed by atoms with Crippen LogP contribution in [0.3, 0.4) is 0 Å². The molecule has 0 amide bonds. The average Bonchev–Trinajstić information content (AvgIpc) is 2.15. The van der Waals surface area contributed by atoms with Gasteiger partial charge in [-0.05, 0) is 45.8 Å². The van der Waals surface area contributed by atoms with Crippen molar-refractivity contribution >= 4 is 5.78 Å². The highest BCUT2D eigenvalue weighted by Gasteiger charge is 2.16. The van der Waals surface area contributed by atoms with Gasteiger partial charge in [-0.2, -0.15) is 0 Å². The van der Waals surface area contributed by atoms with E-state index in [-0.39, 0.29) is 5.78 Å². The highest BCUT2D eigenvalue weighted by Crippen LogP contribution is 2.15. The molecule has 1 saturated heterocycles. The molecule has 0 aromatic heterocycles. The molecule has 0 aliphatic carbocycles. The lowest BCUT2D eigenvalue weighted by Gasteiger charge is -2.28. The minimum atomic E-state index is 0.216. The van der Waals surface area contributed by atoms with Crippen molar-refractivity contribution in [3.63, 3.8) is 0 Å². The third kappa shape index (κ3) is 4.72. The van der Waals surface area contributed by atoms with Gasteiger partial charge < -0.3 is 9.64 Å². The summed E-state index contributed by atoms with van der Waals surface area (Å²) in [6.07, 6.45) is 3.03. The molecule has 3 heteroatoms. The van der Waals surface area contributed by atoms with Crippen molar-refractivity contribution in [3.05, 3.63) is 0 Å². The molecule has 0 radical (unpaired) electrons. The van der Waals surface area contributed by atoms with Crippen molar-refractivity contribution < 1.29 is 9.53 Å². The van der Waals surface area contributed by atoms with E-state index in [2.05, 4.69) is 11.9 Å². The number of ketones is 1. The number of nitrogens with zero attached hydrogens (tertiary/aromatic N) is 1. The highest BCUT2D eigenvalue weighted by molar-refractivity contribution is 5.75. The standard InChI is InChI=1S/C11H21NO2/c1-10(13)5-8-14-9-11-3-6-12(2)7-4-11/h11H,3-9H2,1-2H3. The first-order valence-corrected chi connectivity index (χ1v) is 5.44. The van der Waals surface area contributed by atoms with Crippen LogP contribution in [0, 0.1) is 5.92 Å². The Kier molecular flexibility index (Phi) is 5.12. The van der Waals surface area contributed by atoms with Gasteiger partial charge in [-0.1, -0.05) is 0 Å². The molecule has 3 nitrogen and oxygen atoms in total. The van der Waals surface area contributed by atoms with Gasteiger partial charge in [-0.15, -0.1) is 0 Å². The van der Waals surface area contributed by atoms with Gasteiger partial charge in [0.1, 0.15) is 5.78 Å². The van der Waals surface area contributed by atoms with Gasteiger partial charge in [0, 0.05) is 13.0 Å². The van der Waals surface area contributed by atoms with Gasteiger partial charge in [0.15, 0.2) is 0 Å². The van der Waals surface area contributed by atoms with Crippen LogP contribution in [0.5, 0.6) is 0 Å². The Hall–Kier alpha value is -0.410. The van der Waals surface area contributed by atoms with Crippen molar-refractivity contribution in [1.82, 2.24) is 4.90 Å². The van der Waals surface area contributed by atoms with Crippen molar-refractivity contribution in [2.75, 3.05) is 33.4 Å². The van der Waals surface area contributed by atoms with E-state index in [1.807, 2.05) is 0 Å². The van der Waals surface area contributed by atoms with E-state index < -0.39 is 0 Å². The lowest BCUT2D eigenvalue weighted by Crippen LogP contribution is -2.32. The number of piperidine rings is 1. The molecule has 0 aromatic carbocycles. The quantitative estimate of drug-likeness (QED) is 0.625. The Bertz CT molecular complexity index is 174. The van der Waals surface area contributed by atoms with Crippen molar-refractivity contribution in [1.29, 1.82) is 0 Å². The maximum Gasteiger partial charge on any atom is 0.132 e. The molecule has 1 heterocycles. The van der Waals surface area contributed by atoms with E-state index in [1.54, 1.807) is 6.92 Å². The number of ether oxygens (including phenoxy) is 1. The van der Waals surface area contributed by atoms with Crippen LogP contribution in [0.1, 0.15) is 26.2 Å². The van der Waals surface area contributed by atoms with Crippen LogP contribution in [0.25, 0.3) is 0 Å². The van der Waals surface area contributed by atoms with Crippen LogP contribution in [0.15, 0.2) is 0 Å². The molecule has 0 N–H and O–H groups in total. The molecule has 0 unspecified atom stereocenters. The van der Waals surface area contributed by atoms with Gasteiger partial charge in [0.25, 0.3) is 0 Å². The fourth-order valence-corrected chi connectivity index (χ4v) is 1.69. The SMILES string of the molecule is CC(=O)CCOCC1CCN(C)CC1. The first-order chi connectivity index (χ1) is 6.68. The van der Waals surface area contributed by atoms with E-state index in [0.29, 0.717) is 18.9 Å². The van der Waals surface area contributed by atoms with Gasteiger partial charge in [-0.3, -0.25) is 4.79 Å². The number of carbonyl (C=O) groups excluding carboxylic acids is 1. The predicted molar refractivity (Wildman–Crippen MR) is 56.3 cm³/mol. The number of hydrogen-bond acceptors (Lipinski definition) is 3. The summed E-state index contributed by atoms with van der Waals surface area (Å²) in [5, 5.41) is 0. The van der Waals surface area contributed by atoms with Crippen molar-refractivity contribution in [3.8, 4) is 0 Å². The minimum Gasteiger partial charge on any atom is -0.381 e. The topological polar surface area (TPSA) is 29.5 Å². The molecular formula is C11H21NO2. The Morgan fingerprint density at radius 1 is 1.43 bits per heavy atom. The largest absolute Gasteiger partial charge is 0.381 e. The number of carbonyl (C=O) groups is 1. The van der Waals surface area contributed by atoms with Crippen LogP contribution in [-0.4, -0.2) is 44.0 Å². The van der Waals surface area contributed by atoms with Crippen LogP contribution < -0.4 is 0 Å². The Morgan fingerprint density at radius 3 is 2.64 bits per heavy atom. The van der Waals surface area contributed by atoms with E-state index in [4.69, 9.17) is 4.74 Å². The summed E-state index contributed by atoms with van der Waals surface area (Å²) >= 11 is 0. The molecule has 1 aliphatic heterocycles. The average molecular weight is 199 g/mol. The second-order valence-corrected chi connectivity index (χ2v) is 4.27. The lowest BCUT2D eigenvalue weighted by atomic mass is 9.98. The summed E-state index contributed by atoms with van der Waals surface area (Å²) < 4.78 is 5.48. The first-order valence-electron chi connectivity index (χ1n) is 5.44. The zero-order valence-electron chi connectivity index (χ0n) is 9.29. The van der Waals surface area contributed by atoms with E-state index in [1.165, 1.54) is 25.9 Å². The number of hydrogen-bond donors (Lipinski definition) is 0. The van der Waals surface area contributed by atoms with Crippen molar-refractivity contribution in [2.24, 2.45) is 5.92 Å². The zero-order chi connectivity index (χ0) is 10.4. The summed E-state index contributed by atoms with van der Waals surface area (Å²) in [4.78, 5) is 13.0. The third-order valence-corrected chi connectivity index (χ3v) is 2.79. The Balaban J connectivity index is 1.99. The second-order valence-electron chi connectivity index (χ2n) is 4.27. The van der Waals surface area contributed by atoms with Gasteiger partial charge in [0.05, 0.1) is 6.61 Å². The van der Waals surface area contributed by atoms with Crippen molar-refractivity contribution in [2.45, 2.75) is 26.2 Å². The second kappa shape index (κ2) is 6.14. The summed E-state index contributed by atoms with van der Waals surface area (Å²) in [7, 11) is 2.16. The monoisotopic (exact) mass is 199 g/mol. The van der Waals surface area contributed by atoms with Gasteiger partial charge in [-0.25, -0.2) is 0 Å². The van der Waals surface area contributed by atoms with Crippen LogP contribution in [0.4, 0.5) is 0 Å². The summed E-state index contributed by atoms with van der Waals surface area (Å²) in [5.41, 5.74) is 0. The molecule has 1 rings (SSSR count). The molecule has 14 heavy (non-hydrogen) atoms. The molecule has 0 bridgehead atoms.